The van der Waals surface area contributed by atoms with E-state index in [9.17, 15) is 4.79 Å². The first kappa shape index (κ1) is 18.0. The van der Waals surface area contributed by atoms with E-state index in [1.54, 1.807) is 0 Å². The number of halogens is 1. The fourth-order valence-electron chi connectivity index (χ4n) is 2.49. The van der Waals surface area contributed by atoms with Gasteiger partial charge in [-0.1, -0.05) is 30.7 Å². The van der Waals surface area contributed by atoms with Gasteiger partial charge in [-0.15, -0.1) is 11.8 Å². The van der Waals surface area contributed by atoms with E-state index >= 15 is 0 Å². The number of para-hydroxylation sites is 2. The van der Waals surface area contributed by atoms with Crippen molar-refractivity contribution in [2.45, 2.75) is 29.6 Å². The second kappa shape index (κ2) is 8.50. The molecule has 2 aromatic rings. The summed E-state index contributed by atoms with van der Waals surface area (Å²) in [6.07, 6.45) is 0.557. The zero-order valence-corrected chi connectivity index (χ0v) is 15.5. The smallest absolute Gasteiger partial charge is 0.233 e. The number of benzene rings is 2. The van der Waals surface area contributed by atoms with Gasteiger partial charge in [0.05, 0.1) is 11.8 Å². The number of hydrogen-bond donors (Lipinski definition) is 1. The molecule has 0 bridgehead atoms. The van der Waals surface area contributed by atoms with E-state index in [0.717, 1.165) is 22.8 Å². The van der Waals surface area contributed by atoms with Gasteiger partial charge in [-0.2, -0.15) is 0 Å². The lowest BCUT2D eigenvalue weighted by Crippen LogP contribution is -2.43. The Balaban J connectivity index is 1.52. The van der Waals surface area contributed by atoms with Crippen LogP contribution in [0.25, 0.3) is 0 Å². The number of fused-ring (bicyclic) bond motifs is 1. The van der Waals surface area contributed by atoms with E-state index in [4.69, 9.17) is 21.1 Å². The maximum absolute atomic E-state index is 12.5. The van der Waals surface area contributed by atoms with Gasteiger partial charge in [0.25, 0.3) is 0 Å². The highest BCUT2D eigenvalue weighted by Gasteiger charge is 2.23. The van der Waals surface area contributed by atoms with Gasteiger partial charge in [-0.25, -0.2) is 0 Å². The fourth-order valence-corrected chi connectivity index (χ4v) is 3.60. The Morgan fingerprint density at radius 1 is 1.24 bits per heavy atom. The number of hydrogen-bond acceptors (Lipinski definition) is 4. The lowest BCUT2D eigenvalue weighted by atomic mass is 10.2. The normalized spacial score (nSPS) is 17.0. The Morgan fingerprint density at radius 2 is 1.96 bits per heavy atom. The highest BCUT2D eigenvalue weighted by molar-refractivity contribution is 8.00. The van der Waals surface area contributed by atoms with Gasteiger partial charge in [0, 0.05) is 9.92 Å². The molecule has 132 valence electrons. The van der Waals surface area contributed by atoms with Crippen LogP contribution in [0.15, 0.2) is 53.4 Å². The summed E-state index contributed by atoms with van der Waals surface area (Å²) in [5, 5.41) is 3.51. The molecule has 25 heavy (non-hydrogen) atoms. The molecule has 0 aromatic heterocycles. The first-order valence-corrected chi connectivity index (χ1v) is 9.50. The molecular formula is C19H20ClNO3S. The molecule has 0 unspecified atom stereocenters. The predicted octanol–water partition coefficient (Wildman–Crippen LogP) is 4.17. The van der Waals surface area contributed by atoms with E-state index in [1.807, 2.05) is 55.5 Å². The van der Waals surface area contributed by atoms with Crippen LogP contribution in [-0.2, 0) is 4.79 Å². The third-order valence-corrected chi connectivity index (χ3v) is 5.45. The van der Waals surface area contributed by atoms with Crippen LogP contribution in [0.3, 0.4) is 0 Å². The molecule has 1 amide bonds. The maximum atomic E-state index is 12.5. The van der Waals surface area contributed by atoms with Crippen LogP contribution in [0.2, 0.25) is 5.02 Å². The molecule has 1 aliphatic rings. The number of ether oxygens (including phenoxy) is 2. The van der Waals surface area contributed by atoms with Crippen LogP contribution in [-0.4, -0.2) is 30.4 Å². The van der Waals surface area contributed by atoms with Crippen molar-refractivity contribution in [3.05, 3.63) is 53.6 Å². The minimum Gasteiger partial charge on any atom is -0.486 e. The Hall–Kier alpha value is -1.85. The van der Waals surface area contributed by atoms with Crippen molar-refractivity contribution < 1.29 is 14.3 Å². The average Bonchev–Trinajstić information content (AvgIpc) is 2.65. The molecule has 0 saturated carbocycles. The number of carbonyl (C=O) groups excluding carboxylic acids is 1. The van der Waals surface area contributed by atoms with Crippen LogP contribution in [0.4, 0.5) is 0 Å². The molecule has 0 spiro atoms. The molecule has 0 saturated heterocycles. The maximum Gasteiger partial charge on any atom is 0.233 e. The van der Waals surface area contributed by atoms with E-state index < -0.39 is 0 Å². The zero-order valence-electron chi connectivity index (χ0n) is 13.9. The van der Waals surface area contributed by atoms with E-state index in [1.165, 1.54) is 11.8 Å². The van der Waals surface area contributed by atoms with Gasteiger partial charge in [-0.05, 0) is 42.8 Å². The third-order valence-electron chi connectivity index (χ3n) is 3.83. The molecule has 2 aromatic carbocycles. The highest BCUT2D eigenvalue weighted by atomic mass is 35.5. The van der Waals surface area contributed by atoms with Crippen LogP contribution >= 0.6 is 23.4 Å². The number of nitrogens with one attached hydrogen (secondary N) is 1. The Bertz CT molecular complexity index is 723. The summed E-state index contributed by atoms with van der Waals surface area (Å²) in [5.41, 5.74) is 0. The second-order valence-electron chi connectivity index (χ2n) is 5.71. The summed E-state index contributed by atoms with van der Waals surface area (Å²) >= 11 is 7.44. The van der Waals surface area contributed by atoms with Crippen LogP contribution < -0.4 is 14.8 Å². The molecule has 1 N–H and O–H groups in total. The standard InChI is InChI=1S/C19H20ClNO3S/c1-2-18(25-15-9-7-13(20)8-10-15)19(22)21-11-14-12-23-16-5-3-4-6-17(16)24-14/h3-10,14,18H,2,11-12H2,1H3,(H,21,22)/t14-,18+/m0/s1. The number of rotatable bonds is 6. The molecule has 0 radical (unpaired) electrons. The van der Waals surface area contributed by atoms with Gasteiger partial charge in [0.15, 0.2) is 11.5 Å². The second-order valence-corrected chi connectivity index (χ2v) is 7.42. The summed E-state index contributed by atoms with van der Waals surface area (Å²) in [7, 11) is 0. The first-order chi connectivity index (χ1) is 12.2. The molecule has 0 aliphatic carbocycles. The third kappa shape index (κ3) is 4.83. The first-order valence-electron chi connectivity index (χ1n) is 8.24. The van der Waals surface area contributed by atoms with Crippen molar-refractivity contribution in [1.29, 1.82) is 0 Å². The summed E-state index contributed by atoms with van der Waals surface area (Å²) in [4.78, 5) is 13.5. The predicted molar refractivity (Wildman–Crippen MR) is 101 cm³/mol. The monoisotopic (exact) mass is 377 g/mol. The van der Waals surface area contributed by atoms with E-state index in [2.05, 4.69) is 5.32 Å². The van der Waals surface area contributed by atoms with Crippen molar-refractivity contribution in [1.82, 2.24) is 5.32 Å². The van der Waals surface area contributed by atoms with Crippen LogP contribution in [0, 0.1) is 0 Å². The Labute approximate surface area is 156 Å². The lowest BCUT2D eigenvalue weighted by molar-refractivity contribution is -0.121. The summed E-state index contributed by atoms with van der Waals surface area (Å²) in [5.74, 6) is 1.47. The Kier molecular flexibility index (Phi) is 6.10. The highest BCUT2D eigenvalue weighted by Crippen LogP contribution is 2.31. The van der Waals surface area contributed by atoms with Gasteiger partial charge < -0.3 is 14.8 Å². The largest absolute Gasteiger partial charge is 0.486 e. The van der Waals surface area contributed by atoms with Crippen molar-refractivity contribution in [2.75, 3.05) is 13.2 Å². The van der Waals surface area contributed by atoms with Gasteiger partial charge in [0.1, 0.15) is 12.7 Å². The molecule has 2 atom stereocenters. The molecule has 1 aliphatic heterocycles. The van der Waals surface area contributed by atoms with Crippen molar-refractivity contribution in [3.8, 4) is 11.5 Å². The van der Waals surface area contributed by atoms with Gasteiger partial charge >= 0.3 is 0 Å². The van der Waals surface area contributed by atoms with Crippen LogP contribution in [0.5, 0.6) is 11.5 Å². The summed E-state index contributed by atoms with van der Waals surface area (Å²) in [6, 6.07) is 15.1. The molecule has 4 nitrogen and oxygen atoms in total. The minimum atomic E-state index is -0.183. The van der Waals surface area contributed by atoms with E-state index in [0.29, 0.717) is 18.2 Å². The number of carbonyl (C=O) groups is 1. The fraction of sp³-hybridized carbons (Fsp3) is 0.316. The lowest BCUT2D eigenvalue weighted by Gasteiger charge is -2.27. The van der Waals surface area contributed by atoms with Gasteiger partial charge in [-0.3, -0.25) is 4.79 Å². The van der Waals surface area contributed by atoms with Gasteiger partial charge in [0.2, 0.25) is 5.91 Å². The minimum absolute atomic E-state index is 0.00455. The number of thioether (sulfide) groups is 1. The topological polar surface area (TPSA) is 47.6 Å². The molecular weight excluding hydrogens is 358 g/mol. The summed E-state index contributed by atoms with van der Waals surface area (Å²) < 4.78 is 11.5. The SMILES string of the molecule is CC[C@@H](Sc1ccc(Cl)cc1)C(=O)NC[C@H]1COc2ccccc2O1. The molecule has 1 heterocycles. The molecule has 3 rings (SSSR count). The number of amides is 1. The Morgan fingerprint density at radius 3 is 2.68 bits per heavy atom. The van der Waals surface area contributed by atoms with Crippen molar-refractivity contribution in [2.24, 2.45) is 0 Å². The van der Waals surface area contributed by atoms with Crippen molar-refractivity contribution >= 4 is 29.3 Å². The average molecular weight is 378 g/mol. The zero-order chi connectivity index (χ0) is 17.6. The summed E-state index contributed by atoms with van der Waals surface area (Å²) in [6.45, 7) is 2.85. The molecule has 6 heteroatoms. The van der Waals surface area contributed by atoms with Crippen LogP contribution in [0.1, 0.15) is 13.3 Å². The van der Waals surface area contributed by atoms with E-state index in [-0.39, 0.29) is 17.3 Å². The molecule has 0 fully saturated rings. The quantitative estimate of drug-likeness (QED) is 0.767. The van der Waals surface area contributed by atoms with Crippen molar-refractivity contribution in [3.63, 3.8) is 0 Å².